The number of hydrogen-bond donors (Lipinski definition) is 1. The minimum atomic E-state index is -0.119. The Bertz CT molecular complexity index is 354. The third kappa shape index (κ3) is 3.02. The maximum atomic E-state index is 6.95. The molecule has 2 rings (SSSR count). The van der Waals surface area contributed by atoms with Gasteiger partial charge in [0.25, 0.3) is 0 Å². The van der Waals surface area contributed by atoms with Crippen molar-refractivity contribution in [2.75, 3.05) is 13.1 Å². The molecular weight excluding hydrogens is 260 g/mol. The van der Waals surface area contributed by atoms with Crippen molar-refractivity contribution in [2.45, 2.75) is 96.4 Å². The molecule has 2 N–H and O–H groups in total. The van der Waals surface area contributed by atoms with Crippen LogP contribution in [-0.2, 0) is 4.74 Å². The van der Waals surface area contributed by atoms with Crippen LogP contribution >= 0.6 is 0 Å². The van der Waals surface area contributed by atoms with E-state index in [0.717, 1.165) is 19.5 Å². The van der Waals surface area contributed by atoms with E-state index in [1.807, 2.05) is 0 Å². The van der Waals surface area contributed by atoms with Crippen molar-refractivity contribution in [3.05, 3.63) is 0 Å². The first-order valence-corrected chi connectivity index (χ1v) is 8.89. The van der Waals surface area contributed by atoms with Gasteiger partial charge in [-0.15, -0.1) is 0 Å². The van der Waals surface area contributed by atoms with Gasteiger partial charge in [0.1, 0.15) is 0 Å². The highest BCUT2D eigenvalue weighted by atomic mass is 16.5. The maximum absolute atomic E-state index is 6.95. The molecule has 21 heavy (non-hydrogen) atoms. The lowest BCUT2D eigenvalue weighted by atomic mass is 9.72. The van der Waals surface area contributed by atoms with E-state index >= 15 is 0 Å². The van der Waals surface area contributed by atoms with Crippen LogP contribution in [0.2, 0.25) is 0 Å². The summed E-state index contributed by atoms with van der Waals surface area (Å²) >= 11 is 0. The molecule has 2 unspecified atom stereocenters. The first-order valence-electron chi connectivity index (χ1n) is 8.89. The Morgan fingerprint density at radius 3 is 2.00 bits per heavy atom. The Labute approximate surface area is 131 Å². The smallest absolute Gasteiger partial charge is 0.0678 e. The third-order valence-corrected chi connectivity index (χ3v) is 6.06. The zero-order chi connectivity index (χ0) is 15.9. The van der Waals surface area contributed by atoms with Crippen molar-refractivity contribution in [3.8, 4) is 0 Å². The van der Waals surface area contributed by atoms with Crippen molar-refractivity contribution in [1.82, 2.24) is 4.90 Å². The van der Waals surface area contributed by atoms with Crippen LogP contribution in [0.4, 0.5) is 0 Å². The predicted octanol–water partition coefficient (Wildman–Crippen LogP) is 3.56. The number of ether oxygens (including phenoxy) is 1. The zero-order valence-electron chi connectivity index (χ0n) is 15.0. The number of nitrogens with two attached hydrogens (primary N) is 1. The summed E-state index contributed by atoms with van der Waals surface area (Å²) in [5.74, 6) is 0.436. The lowest BCUT2D eigenvalue weighted by Crippen LogP contribution is -2.63. The van der Waals surface area contributed by atoms with E-state index in [2.05, 4.69) is 46.4 Å². The summed E-state index contributed by atoms with van der Waals surface area (Å²) in [5.41, 5.74) is 6.97. The summed E-state index contributed by atoms with van der Waals surface area (Å²) < 4.78 is 6.32. The summed E-state index contributed by atoms with van der Waals surface area (Å²) in [6, 6.07) is 0.205. The molecule has 0 bridgehead atoms. The molecule has 0 aromatic heterocycles. The largest absolute Gasteiger partial charge is 0.369 e. The van der Waals surface area contributed by atoms with Gasteiger partial charge in [-0.05, 0) is 60.0 Å². The van der Waals surface area contributed by atoms with Gasteiger partial charge in [0.15, 0.2) is 0 Å². The third-order valence-electron chi connectivity index (χ3n) is 6.06. The van der Waals surface area contributed by atoms with Crippen molar-refractivity contribution in [3.63, 3.8) is 0 Å². The molecule has 0 spiro atoms. The summed E-state index contributed by atoms with van der Waals surface area (Å²) in [6.45, 7) is 15.6. The zero-order valence-corrected chi connectivity index (χ0v) is 15.0. The highest BCUT2D eigenvalue weighted by molar-refractivity contribution is 5.10. The fourth-order valence-electron chi connectivity index (χ4n) is 5.24. The molecule has 1 saturated carbocycles. The fourth-order valence-corrected chi connectivity index (χ4v) is 5.24. The normalized spacial score (nSPS) is 31.7. The van der Waals surface area contributed by atoms with Crippen LogP contribution in [-0.4, -0.2) is 40.8 Å². The molecule has 0 aromatic rings. The van der Waals surface area contributed by atoms with E-state index in [4.69, 9.17) is 10.5 Å². The second-order valence-corrected chi connectivity index (χ2v) is 8.28. The highest BCUT2D eigenvalue weighted by Crippen LogP contribution is 2.49. The molecule has 2 fully saturated rings. The van der Waals surface area contributed by atoms with Crippen LogP contribution < -0.4 is 5.73 Å². The molecule has 1 saturated heterocycles. The van der Waals surface area contributed by atoms with Gasteiger partial charge >= 0.3 is 0 Å². The predicted molar refractivity (Wildman–Crippen MR) is 89.4 cm³/mol. The quantitative estimate of drug-likeness (QED) is 0.843. The van der Waals surface area contributed by atoms with Gasteiger partial charge in [0.05, 0.1) is 11.2 Å². The standard InChI is InChI=1S/C18H36N2O/c1-7-20(8-2)18(11-9-10-12-18)15(19)14-13-16(3,4)21-17(14,5)6/h14-15H,7-13,19H2,1-6H3. The average molecular weight is 296 g/mol. The Hall–Kier alpha value is -0.120. The molecule has 1 heterocycles. The molecular formula is C18H36N2O. The molecule has 3 heteroatoms. The summed E-state index contributed by atoms with van der Waals surface area (Å²) in [6.07, 6.45) is 6.22. The molecule has 2 atom stereocenters. The van der Waals surface area contributed by atoms with Gasteiger partial charge in [-0.1, -0.05) is 26.7 Å². The number of hydrogen-bond acceptors (Lipinski definition) is 3. The second-order valence-electron chi connectivity index (χ2n) is 8.28. The van der Waals surface area contributed by atoms with Crippen LogP contribution in [0.1, 0.15) is 73.6 Å². The first-order chi connectivity index (χ1) is 9.68. The Kier molecular flexibility index (Phi) is 4.78. The minimum Gasteiger partial charge on any atom is -0.369 e. The van der Waals surface area contributed by atoms with Gasteiger partial charge in [0, 0.05) is 17.5 Å². The molecule has 1 aliphatic heterocycles. The van der Waals surface area contributed by atoms with Crippen LogP contribution in [0.15, 0.2) is 0 Å². The van der Waals surface area contributed by atoms with Gasteiger partial charge in [-0.2, -0.15) is 0 Å². The molecule has 0 amide bonds. The highest BCUT2D eigenvalue weighted by Gasteiger charge is 2.55. The van der Waals surface area contributed by atoms with Crippen LogP contribution in [0.25, 0.3) is 0 Å². The second kappa shape index (κ2) is 5.82. The number of nitrogens with zero attached hydrogens (tertiary/aromatic N) is 1. The Balaban J connectivity index is 2.29. The maximum Gasteiger partial charge on any atom is 0.0678 e. The molecule has 0 aromatic carbocycles. The molecule has 2 aliphatic rings. The van der Waals surface area contributed by atoms with Crippen molar-refractivity contribution in [1.29, 1.82) is 0 Å². The lowest BCUT2D eigenvalue weighted by Gasteiger charge is -2.48. The van der Waals surface area contributed by atoms with Gasteiger partial charge in [-0.3, -0.25) is 4.90 Å². The molecule has 124 valence electrons. The average Bonchev–Trinajstić information content (AvgIpc) is 2.93. The van der Waals surface area contributed by atoms with Crippen molar-refractivity contribution >= 4 is 0 Å². The van der Waals surface area contributed by atoms with Gasteiger partial charge in [0.2, 0.25) is 0 Å². The van der Waals surface area contributed by atoms with Gasteiger partial charge in [-0.25, -0.2) is 0 Å². The topological polar surface area (TPSA) is 38.5 Å². The molecule has 3 nitrogen and oxygen atoms in total. The van der Waals surface area contributed by atoms with E-state index in [0.29, 0.717) is 5.92 Å². The fraction of sp³-hybridized carbons (Fsp3) is 1.00. The van der Waals surface area contributed by atoms with Gasteiger partial charge < -0.3 is 10.5 Å². The monoisotopic (exact) mass is 296 g/mol. The number of rotatable bonds is 5. The van der Waals surface area contributed by atoms with Crippen molar-refractivity contribution < 1.29 is 4.74 Å². The number of likely N-dealkylation sites (N-methyl/N-ethyl adjacent to an activating group) is 1. The molecule has 0 radical (unpaired) electrons. The van der Waals surface area contributed by atoms with E-state index in [1.54, 1.807) is 0 Å². The van der Waals surface area contributed by atoms with E-state index in [1.165, 1.54) is 25.7 Å². The van der Waals surface area contributed by atoms with Crippen LogP contribution in [0, 0.1) is 5.92 Å². The van der Waals surface area contributed by atoms with Crippen LogP contribution in [0.3, 0.4) is 0 Å². The van der Waals surface area contributed by atoms with Crippen molar-refractivity contribution in [2.24, 2.45) is 11.7 Å². The SMILES string of the molecule is CCN(CC)C1(C(N)C2CC(C)(C)OC2(C)C)CCCC1. The summed E-state index contributed by atoms with van der Waals surface area (Å²) in [7, 11) is 0. The lowest BCUT2D eigenvalue weighted by molar-refractivity contribution is -0.0834. The Morgan fingerprint density at radius 2 is 1.62 bits per heavy atom. The summed E-state index contributed by atoms with van der Waals surface area (Å²) in [4.78, 5) is 2.63. The van der Waals surface area contributed by atoms with Crippen LogP contribution in [0.5, 0.6) is 0 Å². The van der Waals surface area contributed by atoms with E-state index in [-0.39, 0.29) is 22.8 Å². The van der Waals surface area contributed by atoms with E-state index < -0.39 is 0 Å². The molecule has 1 aliphatic carbocycles. The van der Waals surface area contributed by atoms with E-state index in [9.17, 15) is 0 Å². The minimum absolute atomic E-state index is 0.0468. The summed E-state index contributed by atoms with van der Waals surface area (Å²) in [5, 5.41) is 0. The Morgan fingerprint density at radius 1 is 1.10 bits per heavy atom. The first kappa shape index (κ1) is 17.2.